The van der Waals surface area contributed by atoms with Gasteiger partial charge in [-0.3, -0.25) is 0 Å². The van der Waals surface area contributed by atoms with E-state index >= 15 is 0 Å². The van der Waals surface area contributed by atoms with Crippen LogP contribution in [-0.4, -0.2) is 71.8 Å². The molecule has 0 saturated carbocycles. The standard InChI is InChI=1S/C28H27N9O3/c1-18-12-19(2-4-22(18)40-20-6-9-37-24(13-20)30-17-32-37)33-26-25-21(29-16-31-26)3-5-23(34-25)35-10-7-28(14-35)8-11-36(15-28)27(38)39/h2-6,9,12-13,16-17H,7-8,10-11,14-15H2,1H3,(H,38,39)(H,29,31,33). The highest BCUT2D eigenvalue weighted by Crippen LogP contribution is 2.41. The van der Waals surface area contributed by atoms with Gasteiger partial charge in [0.25, 0.3) is 0 Å². The molecule has 1 spiro atoms. The number of hydrogen-bond donors (Lipinski definition) is 2. The molecule has 40 heavy (non-hydrogen) atoms. The molecule has 2 aliphatic heterocycles. The molecular formula is C28H27N9O3. The minimum atomic E-state index is -0.838. The maximum atomic E-state index is 11.4. The number of carboxylic acid groups (broad SMARTS) is 1. The van der Waals surface area contributed by atoms with Gasteiger partial charge in [0.2, 0.25) is 0 Å². The highest BCUT2D eigenvalue weighted by molar-refractivity contribution is 5.88. The number of rotatable bonds is 5. The largest absolute Gasteiger partial charge is 0.465 e. The zero-order valence-electron chi connectivity index (χ0n) is 21.9. The number of carbonyl (C=O) groups is 1. The van der Waals surface area contributed by atoms with E-state index in [2.05, 4.69) is 30.3 Å². The van der Waals surface area contributed by atoms with Crippen molar-refractivity contribution in [2.75, 3.05) is 36.4 Å². The number of benzene rings is 1. The van der Waals surface area contributed by atoms with Crippen LogP contribution in [0.1, 0.15) is 18.4 Å². The van der Waals surface area contributed by atoms with Gasteiger partial charge in [0.1, 0.15) is 35.5 Å². The van der Waals surface area contributed by atoms with Crippen LogP contribution in [0.2, 0.25) is 0 Å². The van der Waals surface area contributed by atoms with Gasteiger partial charge in [0.15, 0.2) is 11.5 Å². The van der Waals surface area contributed by atoms with Gasteiger partial charge < -0.3 is 25.0 Å². The third kappa shape index (κ3) is 4.36. The zero-order chi connectivity index (χ0) is 27.3. The smallest absolute Gasteiger partial charge is 0.407 e. The van der Waals surface area contributed by atoms with Crippen LogP contribution in [0.3, 0.4) is 0 Å². The van der Waals surface area contributed by atoms with Crippen LogP contribution >= 0.6 is 0 Å². The SMILES string of the molecule is Cc1cc(Nc2ncnc3ccc(N4CCC5(CCN(C(=O)O)C5)C4)nc23)ccc1Oc1ccn2ncnc2c1. The average Bonchev–Trinajstić information content (AvgIpc) is 3.70. The number of aryl methyl sites for hydroxylation is 1. The van der Waals surface area contributed by atoms with Crippen LogP contribution in [-0.2, 0) is 0 Å². The molecule has 12 heteroatoms. The lowest BCUT2D eigenvalue weighted by Crippen LogP contribution is -2.33. The highest BCUT2D eigenvalue weighted by atomic mass is 16.5. The van der Waals surface area contributed by atoms with Gasteiger partial charge in [0.05, 0.1) is 5.52 Å². The van der Waals surface area contributed by atoms with E-state index < -0.39 is 6.09 Å². The maximum Gasteiger partial charge on any atom is 0.407 e. The molecular weight excluding hydrogens is 510 g/mol. The first-order valence-corrected chi connectivity index (χ1v) is 13.1. The highest BCUT2D eigenvalue weighted by Gasteiger charge is 2.45. The third-order valence-electron chi connectivity index (χ3n) is 7.86. The molecule has 2 N–H and O–H groups in total. The van der Waals surface area contributed by atoms with Crippen molar-refractivity contribution in [2.24, 2.45) is 5.41 Å². The number of likely N-dealkylation sites (tertiary alicyclic amines) is 1. The van der Waals surface area contributed by atoms with Gasteiger partial charge in [-0.15, -0.1) is 0 Å². The number of anilines is 3. The van der Waals surface area contributed by atoms with E-state index in [-0.39, 0.29) is 5.41 Å². The molecule has 202 valence electrons. The lowest BCUT2D eigenvalue weighted by atomic mass is 9.86. The van der Waals surface area contributed by atoms with Gasteiger partial charge in [-0.1, -0.05) is 0 Å². The molecule has 1 amide bonds. The summed E-state index contributed by atoms with van der Waals surface area (Å²) in [6.07, 6.45) is 5.84. The number of pyridine rings is 2. The Balaban J connectivity index is 1.10. The Hall–Kier alpha value is -5.00. The van der Waals surface area contributed by atoms with E-state index in [1.807, 2.05) is 55.6 Å². The summed E-state index contributed by atoms with van der Waals surface area (Å²) in [6, 6.07) is 13.5. The second-order valence-electron chi connectivity index (χ2n) is 10.5. The van der Waals surface area contributed by atoms with Crippen LogP contribution in [0.5, 0.6) is 11.5 Å². The van der Waals surface area contributed by atoms with Crippen molar-refractivity contribution in [3.8, 4) is 11.5 Å². The number of nitrogens with zero attached hydrogens (tertiary/aromatic N) is 8. The quantitative estimate of drug-likeness (QED) is 0.330. The van der Waals surface area contributed by atoms with Crippen LogP contribution in [0.25, 0.3) is 16.7 Å². The van der Waals surface area contributed by atoms with Gasteiger partial charge in [-0.05, 0) is 61.7 Å². The fourth-order valence-corrected chi connectivity index (χ4v) is 5.73. The number of hydrogen-bond acceptors (Lipinski definition) is 9. The summed E-state index contributed by atoms with van der Waals surface area (Å²) in [5, 5.41) is 16.9. The Bertz CT molecular complexity index is 1760. The predicted molar refractivity (Wildman–Crippen MR) is 148 cm³/mol. The minimum Gasteiger partial charge on any atom is -0.465 e. The van der Waals surface area contributed by atoms with Crippen LogP contribution < -0.4 is 15.0 Å². The predicted octanol–water partition coefficient (Wildman–Crippen LogP) is 4.49. The van der Waals surface area contributed by atoms with Gasteiger partial charge in [0, 0.05) is 49.5 Å². The van der Waals surface area contributed by atoms with Crippen molar-refractivity contribution in [2.45, 2.75) is 19.8 Å². The second kappa shape index (κ2) is 9.33. The summed E-state index contributed by atoms with van der Waals surface area (Å²) in [7, 11) is 0. The fraction of sp³-hybridized carbons (Fsp3) is 0.286. The first kappa shape index (κ1) is 24.1. The number of amides is 1. The molecule has 2 aliphatic rings. The summed E-state index contributed by atoms with van der Waals surface area (Å²) in [5.41, 5.74) is 3.93. The van der Waals surface area contributed by atoms with Crippen LogP contribution in [0.4, 0.5) is 22.1 Å². The summed E-state index contributed by atoms with van der Waals surface area (Å²) in [5.74, 6) is 2.88. The zero-order valence-corrected chi connectivity index (χ0v) is 21.9. The lowest BCUT2D eigenvalue weighted by Gasteiger charge is -2.24. The molecule has 12 nitrogen and oxygen atoms in total. The average molecular weight is 538 g/mol. The van der Waals surface area contributed by atoms with Crippen LogP contribution in [0.15, 0.2) is 61.3 Å². The summed E-state index contributed by atoms with van der Waals surface area (Å²) < 4.78 is 7.79. The molecule has 0 bridgehead atoms. The van der Waals surface area contributed by atoms with E-state index in [9.17, 15) is 9.90 Å². The normalized spacial score (nSPS) is 18.7. The minimum absolute atomic E-state index is 0.00812. The van der Waals surface area contributed by atoms with Crippen molar-refractivity contribution in [1.29, 1.82) is 0 Å². The first-order chi connectivity index (χ1) is 19.4. The summed E-state index contributed by atoms with van der Waals surface area (Å²) >= 11 is 0. The Morgan fingerprint density at radius 1 is 1.02 bits per heavy atom. The molecule has 2 saturated heterocycles. The molecule has 6 heterocycles. The van der Waals surface area contributed by atoms with E-state index in [4.69, 9.17) is 9.72 Å². The molecule has 1 atom stereocenters. The van der Waals surface area contributed by atoms with Crippen molar-refractivity contribution >= 4 is 40.1 Å². The molecule has 0 aliphatic carbocycles. The Labute approximate surface area is 229 Å². The number of nitrogens with one attached hydrogen (secondary N) is 1. The molecule has 0 radical (unpaired) electrons. The summed E-state index contributed by atoms with van der Waals surface area (Å²) in [6.45, 7) is 4.79. The van der Waals surface area contributed by atoms with Gasteiger partial charge >= 0.3 is 6.09 Å². The van der Waals surface area contributed by atoms with Gasteiger partial charge in [-0.2, -0.15) is 5.10 Å². The third-order valence-corrected chi connectivity index (χ3v) is 7.86. The molecule has 2 fully saturated rings. The molecule has 7 rings (SSSR count). The Kier molecular flexibility index (Phi) is 5.61. The number of fused-ring (bicyclic) bond motifs is 2. The number of aromatic nitrogens is 6. The number of ether oxygens (including phenoxy) is 1. The maximum absolute atomic E-state index is 11.4. The molecule has 4 aromatic heterocycles. The molecule has 5 aromatic rings. The summed E-state index contributed by atoms with van der Waals surface area (Å²) in [4.78, 5) is 33.3. The van der Waals surface area contributed by atoms with Gasteiger partial charge in [-0.25, -0.2) is 29.2 Å². The van der Waals surface area contributed by atoms with Crippen molar-refractivity contribution < 1.29 is 14.6 Å². The van der Waals surface area contributed by atoms with E-state index in [0.29, 0.717) is 35.8 Å². The lowest BCUT2D eigenvalue weighted by molar-refractivity contribution is 0.150. The molecule has 1 aromatic carbocycles. The monoisotopic (exact) mass is 537 g/mol. The fourth-order valence-electron chi connectivity index (χ4n) is 5.73. The Morgan fingerprint density at radius 3 is 2.77 bits per heavy atom. The van der Waals surface area contributed by atoms with E-state index in [0.717, 1.165) is 54.3 Å². The van der Waals surface area contributed by atoms with Crippen molar-refractivity contribution in [3.63, 3.8) is 0 Å². The second-order valence-corrected chi connectivity index (χ2v) is 10.5. The van der Waals surface area contributed by atoms with E-state index in [1.54, 1.807) is 4.52 Å². The van der Waals surface area contributed by atoms with Crippen molar-refractivity contribution in [3.05, 3.63) is 66.9 Å². The molecule has 1 unspecified atom stereocenters. The van der Waals surface area contributed by atoms with Crippen molar-refractivity contribution in [1.82, 2.24) is 34.4 Å². The van der Waals surface area contributed by atoms with E-state index in [1.165, 1.54) is 17.6 Å². The van der Waals surface area contributed by atoms with Crippen LogP contribution in [0, 0.1) is 12.3 Å². The Morgan fingerprint density at radius 2 is 1.93 bits per heavy atom. The first-order valence-electron chi connectivity index (χ1n) is 13.1. The topological polar surface area (TPSA) is 134 Å².